The Bertz CT molecular complexity index is 4970. The number of aryl methyl sites for hydroxylation is 1. The van der Waals surface area contributed by atoms with Crippen LogP contribution in [0.2, 0.25) is 0 Å². The van der Waals surface area contributed by atoms with Gasteiger partial charge in [0.05, 0.1) is 120 Å². The highest BCUT2D eigenvalue weighted by Crippen LogP contribution is 2.40. The first kappa shape index (κ1) is 103. The molecular weight excluding hydrogens is 1690 g/mol. The number of benzene rings is 5. The van der Waals surface area contributed by atoms with Crippen LogP contribution in [0, 0.1) is 41.4 Å². The van der Waals surface area contributed by atoms with Crippen LogP contribution in [0.5, 0.6) is 28.7 Å². The molecule has 0 bridgehead atoms. The minimum absolute atomic E-state index is 0.0239. The number of aliphatic carboxylic acids is 1. The summed E-state index contributed by atoms with van der Waals surface area (Å²) in [6.45, 7) is 23.4. The summed E-state index contributed by atoms with van der Waals surface area (Å²) in [6, 6.07) is 23.3. The van der Waals surface area contributed by atoms with E-state index < -0.39 is 152 Å². The predicted octanol–water partition coefficient (Wildman–Crippen LogP) is 8.49. The first-order valence-electron chi connectivity index (χ1n) is 43.2. The van der Waals surface area contributed by atoms with Crippen molar-refractivity contribution in [3.8, 4) is 28.7 Å². The number of nitrogens with one attached hydrogen (secondary N) is 4. The van der Waals surface area contributed by atoms with Crippen LogP contribution in [0.1, 0.15) is 175 Å². The molecule has 1 aromatic heterocycles. The third kappa shape index (κ3) is 28.4. The molecule has 0 saturated carbocycles. The third-order valence-electron chi connectivity index (χ3n) is 23.4. The number of aliphatic hydroxyl groups is 2. The smallest absolute Gasteiger partial charge is 0.496 e. The summed E-state index contributed by atoms with van der Waals surface area (Å²) in [6.07, 6.45) is -1.45. The number of methoxy groups -OCH3 is 4. The van der Waals surface area contributed by atoms with Gasteiger partial charge in [0.2, 0.25) is 24.0 Å². The fourth-order valence-electron chi connectivity index (χ4n) is 16.4. The molecule has 8 rings (SSSR count). The molecule has 34 nitrogen and oxygen atoms in total. The monoisotopic (exact) mass is 1820 g/mol. The molecule has 7 N–H and O–H groups in total. The Morgan fingerprint density at radius 3 is 1.96 bits per heavy atom. The van der Waals surface area contributed by atoms with Crippen LogP contribution in [0.15, 0.2) is 120 Å². The maximum atomic E-state index is 15.2. The van der Waals surface area contributed by atoms with Gasteiger partial charge >= 0.3 is 16.4 Å². The zero-order chi connectivity index (χ0) is 94.5. The number of carbonyl (C=O) groups is 8. The van der Waals surface area contributed by atoms with Crippen LogP contribution in [-0.4, -0.2) is 258 Å². The normalized spacial score (nSPS) is 17.7. The number of aliphatic hydroxyl groups excluding tert-OH is 2. The highest BCUT2D eigenvalue weighted by atomic mass is 32.3. The summed E-state index contributed by atoms with van der Waals surface area (Å²) < 4.78 is 109. The molecule has 2 fully saturated rings. The average Bonchev–Trinajstić information content (AvgIpc) is 1.09. The van der Waals surface area contributed by atoms with Gasteiger partial charge in [-0.1, -0.05) is 148 Å². The number of amides is 6. The molecule has 2 saturated heterocycles. The second-order valence-corrected chi connectivity index (χ2v) is 39.4. The Hall–Kier alpha value is -10.2. The number of ketones is 1. The van der Waals surface area contributed by atoms with Crippen LogP contribution >= 0.6 is 0 Å². The van der Waals surface area contributed by atoms with E-state index >= 15 is 9.59 Å². The first-order valence-corrected chi connectivity index (χ1v) is 46.2. The second-order valence-electron chi connectivity index (χ2n) is 36.1. The first-order chi connectivity index (χ1) is 60.3. The molecule has 6 aromatic rings. The number of carboxylic acids is 1. The van der Waals surface area contributed by atoms with Gasteiger partial charge in [0, 0.05) is 99.3 Å². The lowest BCUT2D eigenvalue weighted by Gasteiger charge is -2.42. The van der Waals surface area contributed by atoms with Crippen LogP contribution < -0.4 is 43.8 Å². The molecule has 5 unspecified atom stereocenters. The molecule has 12 atom stereocenters. The molecule has 2 aliphatic heterocycles. The van der Waals surface area contributed by atoms with E-state index in [0.29, 0.717) is 50.0 Å². The molecule has 5 aromatic carbocycles. The van der Waals surface area contributed by atoms with E-state index in [1.165, 1.54) is 89.1 Å². The molecule has 0 spiro atoms. The molecule has 3 heterocycles. The van der Waals surface area contributed by atoms with E-state index in [9.17, 15) is 60.9 Å². The maximum absolute atomic E-state index is 15.2. The second kappa shape index (κ2) is 45.9. The Kier molecular flexibility index (Phi) is 37.0. The van der Waals surface area contributed by atoms with E-state index in [4.69, 9.17) is 41.5 Å². The number of carboxylic acid groups (broad SMARTS) is 1. The summed E-state index contributed by atoms with van der Waals surface area (Å²) in [5.74, 6) is -7.64. The molecule has 0 aliphatic carbocycles. The Balaban J connectivity index is 0.886. The van der Waals surface area contributed by atoms with Gasteiger partial charge in [-0.2, -0.15) is 0 Å². The summed E-state index contributed by atoms with van der Waals surface area (Å²) in [4.78, 5) is 115. The largest absolute Gasteiger partial charge is 0.501 e. The topological polar surface area (TPSA) is 434 Å². The van der Waals surface area contributed by atoms with E-state index in [2.05, 4.69) is 31.6 Å². The quantitative estimate of drug-likeness (QED) is 0.0139. The lowest BCUT2D eigenvalue weighted by molar-refractivity contribution is -0.922. The molecule has 128 heavy (non-hydrogen) atoms. The number of carbonyl (C=O) groups excluding carboxylic acids is 7. The number of sulfone groups is 1. The minimum Gasteiger partial charge on any atom is -0.496 e. The van der Waals surface area contributed by atoms with E-state index in [1.54, 1.807) is 71.0 Å². The van der Waals surface area contributed by atoms with Gasteiger partial charge in [0.25, 0.3) is 17.7 Å². The van der Waals surface area contributed by atoms with Crippen molar-refractivity contribution < 1.29 is 117 Å². The van der Waals surface area contributed by atoms with Gasteiger partial charge in [0.15, 0.2) is 38.9 Å². The van der Waals surface area contributed by atoms with Crippen molar-refractivity contribution in [3.05, 3.63) is 154 Å². The fraction of sp³-hybridized carbons (Fsp3) is 0.565. The summed E-state index contributed by atoms with van der Waals surface area (Å²) >= 11 is 0. The number of likely N-dealkylation sites (N-methyl/N-ethyl adjacent to an activating group) is 2. The highest BCUT2D eigenvalue weighted by Gasteiger charge is 2.46. The Morgan fingerprint density at radius 2 is 1.36 bits per heavy atom. The zero-order valence-electron chi connectivity index (χ0n) is 77.0. The standard InChI is InChI=1S/C92H130N10O24S2/c1-20-59(7)81(78(120-18)47-79(106)101-41-24-27-71(101)83(121-19)60(8)84(107)95-70(89(112)113)43-61-25-22-21-23-26-61)99(13)88(111)80(56(2)3)96-87(110)82(57(4)5)102(14,15)50-69-75(118-16)45-67(46-76(69)119-17)125-128(116,117)126-77-44-64(34-39-74(77)124-90-73(105)38-35-66(51-103)123-90)86(109)94-52-91(9,10)54-122-55-92(11,12)53-100-49-65(97-98-100)48-93-85(108)63-32-30-62(31-33-63)72(104)40-42-127(114,115)68-36-28-58(6)29-37-68/h21-23,25-26,28-34,36-37,39,44-46,49,56-57,59-60,66,70-71,73,78,80-83,90,103,105H,20,24,27,35,38,40-43,47-48,50-55H2,1-19H3,(H4-,93,94,95,96,107,108,109,110,112,113)/p+1/t59?,60-,66+,70?,71+,73-,78-,80+,81?,82?,83-,90?/m1/s1. The van der Waals surface area contributed by atoms with Crippen molar-refractivity contribution >= 4 is 67.4 Å². The average molecular weight is 1830 g/mol. The van der Waals surface area contributed by atoms with Gasteiger partial charge in [-0.05, 0) is 92.5 Å². The highest BCUT2D eigenvalue weighted by molar-refractivity contribution is 7.91. The van der Waals surface area contributed by atoms with Crippen molar-refractivity contribution in [1.82, 2.24) is 46.1 Å². The van der Waals surface area contributed by atoms with Gasteiger partial charge in [-0.15, -0.1) is 13.5 Å². The van der Waals surface area contributed by atoms with Crippen molar-refractivity contribution in [1.29, 1.82) is 0 Å². The number of likely N-dealkylation sites (tertiary alicyclic amines) is 1. The Labute approximate surface area is 751 Å². The zero-order valence-corrected chi connectivity index (χ0v) is 78.6. The van der Waals surface area contributed by atoms with Crippen molar-refractivity contribution in [2.75, 3.05) is 88.2 Å². The number of Topliss-reactive ketones (excluding diaryl/α,β-unsaturated/α-hetero) is 1. The van der Waals surface area contributed by atoms with Gasteiger partial charge in [-0.25, -0.2) is 13.2 Å². The summed E-state index contributed by atoms with van der Waals surface area (Å²) in [5.41, 5.74) is 1.81. The van der Waals surface area contributed by atoms with Crippen LogP contribution in [-0.2, 0) is 89.2 Å². The Morgan fingerprint density at radius 1 is 0.727 bits per heavy atom. The van der Waals surface area contributed by atoms with Gasteiger partial charge in [0.1, 0.15) is 41.9 Å². The van der Waals surface area contributed by atoms with E-state index in [-0.39, 0.29) is 137 Å². The summed E-state index contributed by atoms with van der Waals surface area (Å²) in [7, 11) is 2.03. The molecule has 6 amide bonds. The molecular formula is C92H131N10O24S2+. The maximum Gasteiger partial charge on any atom is 0.501 e. The van der Waals surface area contributed by atoms with Crippen LogP contribution in [0.3, 0.4) is 0 Å². The number of rotatable bonds is 49. The van der Waals surface area contributed by atoms with E-state index in [0.717, 1.165) is 17.2 Å². The molecule has 0 radical (unpaired) electrons. The predicted molar refractivity (Wildman–Crippen MR) is 475 cm³/mol. The lowest BCUT2D eigenvalue weighted by Crippen LogP contribution is -2.63. The number of aromatic nitrogens is 3. The SMILES string of the molecule is CCC(C)C([C@@H](CC(=O)N1CCC[C@H]1[C@H](OC)[C@@H](C)C(=O)NC(Cc1ccccc1)C(=O)O)OC)N(C)C(=O)[C@@H](NC(=O)C(C(C)C)[N+](C)(C)Cc1c(OC)cc(OS(=O)(=O)Oc2cc(C(=O)NCC(C)(C)COCC(C)(C)Cn3cc(CNC(=O)c4ccc(C(=O)CCS(=O)(=O)c5ccc(C)cc5)cc4)nn3)ccc2OC2O[C@H](CO)CC[C@H]2O)cc1OC)C(C)C. The number of quaternary nitrogens is 1. The molecule has 2 aliphatic rings. The van der Waals surface area contributed by atoms with E-state index in [1.807, 2.05) is 96.3 Å². The molecule has 36 heteroatoms. The number of ether oxygens (including phenoxy) is 7. The van der Waals surface area contributed by atoms with Crippen molar-refractivity contribution in [3.63, 3.8) is 0 Å². The minimum atomic E-state index is -5.21. The van der Waals surface area contributed by atoms with Crippen molar-refractivity contribution in [2.45, 2.75) is 220 Å². The van der Waals surface area contributed by atoms with Crippen molar-refractivity contribution in [2.24, 2.45) is 34.5 Å². The molecule has 704 valence electrons. The van der Waals surface area contributed by atoms with Crippen LogP contribution in [0.4, 0.5) is 0 Å². The van der Waals surface area contributed by atoms with Gasteiger partial charge in [-0.3, -0.25) is 38.2 Å². The number of hydrogen-bond acceptors (Lipinski definition) is 25. The third-order valence-corrected chi connectivity index (χ3v) is 25.9. The number of hydrogen-bond donors (Lipinski definition) is 7. The fourth-order valence-corrected chi connectivity index (χ4v) is 18.3. The lowest BCUT2D eigenvalue weighted by atomic mass is 9.89. The van der Waals surface area contributed by atoms with Crippen LogP contribution in [0.25, 0.3) is 0 Å². The summed E-state index contributed by atoms with van der Waals surface area (Å²) in [5, 5.41) is 51.0. The number of nitrogens with zero attached hydrogens (tertiary/aromatic N) is 6. The van der Waals surface area contributed by atoms with Gasteiger partial charge < -0.3 is 92.4 Å².